The molecule has 0 saturated carbocycles. The Balaban J connectivity index is 1.05. The number of para-hydroxylation sites is 2. The lowest BCUT2D eigenvalue weighted by molar-refractivity contribution is 1.05. The molecule has 4 aromatic heterocycles. The smallest absolute Gasteiger partial charge is 0.162 e. The zero-order valence-electron chi connectivity index (χ0n) is 31.7. The largest absolute Gasteiger partial charge is 0.308 e. The number of aromatic nitrogens is 5. The molecule has 59 heavy (non-hydrogen) atoms. The molecule has 5 nitrogen and oxygen atoms in total. The molecule has 12 aromatic rings. The van der Waals surface area contributed by atoms with Gasteiger partial charge in [-0.15, -0.1) is 11.3 Å². The van der Waals surface area contributed by atoms with Gasteiger partial charge in [0, 0.05) is 50.0 Å². The molecule has 0 spiro atoms. The van der Waals surface area contributed by atoms with Crippen molar-refractivity contribution in [2.24, 2.45) is 0 Å². The van der Waals surface area contributed by atoms with Crippen LogP contribution in [0.4, 0.5) is 0 Å². The second kappa shape index (κ2) is 13.5. The van der Waals surface area contributed by atoms with Gasteiger partial charge in [0.1, 0.15) is 10.8 Å². The average Bonchev–Trinajstić information content (AvgIpc) is 4.00. The minimum Gasteiger partial charge on any atom is -0.308 e. The van der Waals surface area contributed by atoms with Crippen molar-refractivity contribution >= 4 is 65.2 Å². The van der Waals surface area contributed by atoms with Crippen molar-refractivity contribution in [2.45, 2.75) is 0 Å². The summed E-state index contributed by atoms with van der Waals surface area (Å²) >= 11 is 1.76. The first-order valence-electron chi connectivity index (χ1n) is 19.8. The van der Waals surface area contributed by atoms with Crippen molar-refractivity contribution in [3.63, 3.8) is 0 Å². The lowest BCUT2D eigenvalue weighted by atomic mass is 10.0. The Morgan fingerprint density at radius 2 is 0.949 bits per heavy atom. The normalized spacial score (nSPS) is 11.7. The monoisotopic (exact) mass is 771 g/mol. The lowest BCUT2D eigenvalue weighted by Crippen LogP contribution is -2.02. The third kappa shape index (κ3) is 5.49. The highest BCUT2D eigenvalue weighted by molar-refractivity contribution is 7.22. The van der Waals surface area contributed by atoms with E-state index in [-0.39, 0.29) is 0 Å². The van der Waals surface area contributed by atoms with Crippen LogP contribution in [0, 0.1) is 0 Å². The van der Waals surface area contributed by atoms with E-state index in [9.17, 15) is 0 Å². The molecule has 12 rings (SSSR count). The zero-order valence-corrected chi connectivity index (χ0v) is 32.5. The number of fused-ring (bicyclic) bond motifs is 8. The van der Waals surface area contributed by atoms with Gasteiger partial charge < -0.3 is 4.57 Å². The number of hydrogen-bond acceptors (Lipinski definition) is 4. The van der Waals surface area contributed by atoms with Gasteiger partial charge in [-0.1, -0.05) is 140 Å². The molecule has 8 aromatic carbocycles. The minimum atomic E-state index is 0.694. The Hall–Kier alpha value is -7.67. The molecular weight excluding hydrogens is 739 g/mol. The Bertz CT molecular complexity index is 3480. The SMILES string of the molecule is c1ccc(-c2cc(-n3c4ccccc4c4cc(-c5ccc6c(c5)c5ccc7nc(-c8ccccc8)sc7c5n6-c5ccccc5)ccc43)nc(-c3ccccc3)n2)cc1. The van der Waals surface area contributed by atoms with Gasteiger partial charge in [-0.05, 0) is 65.7 Å². The van der Waals surface area contributed by atoms with Crippen molar-refractivity contribution in [3.8, 4) is 55.8 Å². The summed E-state index contributed by atoms with van der Waals surface area (Å²) in [7, 11) is 0. The van der Waals surface area contributed by atoms with Gasteiger partial charge in [0.15, 0.2) is 5.82 Å². The van der Waals surface area contributed by atoms with Crippen LogP contribution in [0.3, 0.4) is 0 Å². The second-order valence-electron chi connectivity index (χ2n) is 14.8. The summed E-state index contributed by atoms with van der Waals surface area (Å²) in [6, 6.07) is 70.7. The molecule has 0 unspecified atom stereocenters. The predicted molar refractivity (Wildman–Crippen MR) is 246 cm³/mol. The van der Waals surface area contributed by atoms with Gasteiger partial charge in [0.2, 0.25) is 0 Å². The Labute approximate surface area is 343 Å². The highest BCUT2D eigenvalue weighted by atomic mass is 32.1. The van der Waals surface area contributed by atoms with Gasteiger partial charge in [-0.25, -0.2) is 15.0 Å². The molecule has 0 N–H and O–H groups in total. The standard InChI is InChI=1S/C53H33N5S/c1-5-15-34(16-6-1)45-33-49(56-52(54-45)35-17-7-2-8-18-35)58-46-24-14-13-23-40(46)42-31-37(26-30-48(42)58)38-25-29-47-43(32-38)41-27-28-44-51(50(41)57(47)39-21-11-4-12-22-39)59-53(55-44)36-19-9-3-10-20-36/h1-33H. The fourth-order valence-electron chi connectivity index (χ4n) is 8.64. The van der Waals surface area contributed by atoms with E-state index < -0.39 is 0 Å². The number of nitrogens with zero attached hydrogens (tertiary/aromatic N) is 5. The van der Waals surface area contributed by atoms with Crippen LogP contribution in [0.2, 0.25) is 0 Å². The van der Waals surface area contributed by atoms with Gasteiger partial charge in [-0.3, -0.25) is 4.57 Å². The second-order valence-corrected chi connectivity index (χ2v) is 15.8. The van der Waals surface area contributed by atoms with E-state index in [4.69, 9.17) is 15.0 Å². The van der Waals surface area contributed by atoms with Crippen LogP contribution in [0.15, 0.2) is 200 Å². The van der Waals surface area contributed by atoms with Crippen molar-refractivity contribution in [3.05, 3.63) is 200 Å². The zero-order chi connectivity index (χ0) is 38.9. The highest BCUT2D eigenvalue weighted by Gasteiger charge is 2.21. The average molecular weight is 772 g/mol. The molecule has 0 fully saturated rings. The first-order chi connectivity index (χ1) is 29.2. The fraction of sp³-hybridized carbons (Fsp3) is 0. The fourth-order valence-corrected chi connectivity index (χ4v) is 9.74. The van der Waals surface area contributed by atoms with Gasteiger partial charge >= 0.3 is 0 Å². The molecule has 0 aliphatic carbocycles. The Morgan fingerprint density at radius 3 is 1.66 bits per heavy atom. The van der Waals surface area contributed by atoms with Gasteiger partial charge in [0.25, 0.3) is 0 Å². The molecular formula is C53H33N5S. The third-order valence-corrected chi connectivity index (χ3v) is 12.5. The van der Waals surface area contributed by atoms with Crippen molar-refractivity contribution < 1.29 is 0 Å². The van der Waals surface area contributed by atoms with E-state index >= 15 is 0 Å². The summed E-state index contributed by atoms with van der Waals surface area (Å²) in [6.45, 7) is 0. The first-order valence-corrected chi connectivity index (χ1v) is 20.6. The molecule has 4 heterocycles. The summed E-state index contributed by atoms with van der Waals surface area (Å²) < 4.78 is 5.89. The quantitative estimate of drug-likeness (QED) is 0.169. The third-order valence-electron chi connectivity index (χ3n) is 11.4. The highest BCUT2D eigenvalue weighted by Crippen LogP contribution is 2.43. The van der Waals surface area contributed by atoms with Crippen LogP contribution in [-0.2, 0) is 0 Å². The molecule has 0 amide bonds. The van der Waals surface area contributed by atoms with Crippen LogP contribution in [-0.4, -0.2) is 24.1 Å². The Morgan fingerprint density at radius 1 is 0.373 bits per heavy atom. The molecule has 0 bridgehead atoms. The van der Waals surface area contributed by atoms with E-state index in [1.165, 1.54) is 37.3 Å². The summed E-state index contributed by atoms with van der Waals surface area (Å²) in [4.78, 5) is 15.4. The molecule has 0 saturated heterocycles. The maximum Gasteiger partial charge on any atom is 0.162 e. The predicted octanol–water partition coefficient (Wildman–Crippen LogP) is 13.9. The van der Waals surface area contributed by atoms with Crippen LogP contribution in [0.25, 0.3) is 110 Å². The number of benzene rings is 8. The summed E-state index contributed by atoms with van der Waals surface area (Å²) in [5, 5.41) is 5.80. The van der Waals surface area contributed by atoms with E-state index in [1.807, 2.05) is 24.3 Å². The van der Waals surface area contributed by atoms with Crippen molar-refractivity contribution in [1.82, 2.24) is 24.1 Å². The van der Waals surface area contributed by atoms with Crippen molar-refractivity contribution in [1.29, 1.82) is 0 Å². The molecule has 0 radical (unpaired) electrons. The van der Waals surface area contributed by atoms with Gasteiger partial charge in [-0.2, -0.15) is 0 Å². The summed E-state index contributed by atoms with van der Waals surface area (Å²) in [5.74, 6) is 1.52. The van der Waals surface area contributed by atoms with Crippen LogP contribution >= 0.6 is 11.3 Å². The summed E-state index contributed by atoms with van der Waals surface area (Å²) in [5.41, 5.74) is 13.1. The van der Waals surface area contributed by atoms with E-state index in [0.717, 1.165) is 66.6 Å². The summed E-state index contributed by atoms with van der Waals surface area (Å²) in [6.07, 6.45) is 0. The van der Waals surface area contributed by atoms with Crippen molar-refractivity contribution in [2.75, 3.05) is 0 Å². The number of thiazole rings is 1. The first kappa shape index (κ1) is 33.5. The lowest BCUT2D eigenvalue weighted by Gasteiger charge is -2.12. The molecule has 276 valence electrons. The molecule has 0 aliphatic rings. The topological polar surface area (TPSA) is 48.5 Å². The van der Waals surface area contributed by atoms with E-state index in [2.05, 4.69) is 185 Å². The molecule has 6 heteroatoms. The van der Waals surface area contributed by atoms with Gasteiger partial charge in [0.05, 0.1) is 38.0 Å². The molecule has 0 atom stereocenters. The van der Waals surface area contributed by atoms with E-state index in [0.29, 0.717) is 5.82 Å². The Kier molecular flexibility index (Phi) is 7.64. The minimum absolute atomic E-state index is 0.694. The maximum atomic E-state index is 5.23. The van der Waals surface area contributed by atoms with Crippen LogP contribution in [0.1, 0.15) is 0 Å². The van der Waals surface area contributed by atoms with Crippen LogP contribution < -0.4 is 0 Å². The number of hydrogen-bond donors (Lipinski definition) is 0. The number of rotatable bonds is 6. The van der Waals surface area contributed by atoms with E-state index in [1.54, 1.807) is 11.3 Å². The van der Waals surface area contributed by atoms with Crippen LogP contribution in [0.5, 0.6) is 0 Å². The maximum absolute atomic E-state index is 5.23. The molecule has 0 aliphatic heterocycles.